The van der Waals surface area contributed by atoms with E-state index in [-0.39, 0.29) is 0 Å². The Morgan fingerprint density at radius 1 is 0.296 bits per heavy atom. The molecular weight excluding hydrogens is 655 g/mol. The van der Waals surface area contributed by atoms with Gasteiger partial charge in [0.25, 0.3) is 0 Å². The van der Waals surface area contributed by atoms with Crippen LogP contribution in [0.5, 0.6) is 0 Å². The minimum absolute atomic E-state index is 0.909. The molecule has 0 saturated heterocycles. The van der Waals surface area contributed by atoms with Crippen LogP contribution >= 0.6 is 0 Å². The summed E-state index contributed by atoms with van der Waals surface area (Å²) in [7, 11) is 0. The van der Waals surface area contributed by atoms with Crippen LogP contribution in [0.1, 0.15) is 0 Å². The predicted octanol–water partition coefficient (Wildman–Crippen LogP) is 15.0. The van der Waals surface area contributed by atoms with E-state index in [1.54, 1.807) is 0 Å². The number of hydrogen-bond acceptors (Lipinski definition) is 2. The van der Waals surface area contributed by atoms with E-state index in [2.05, 4.69) is 193 Å². The monoisotopic (exact) mass is 687 g/mol. The molecule has 0 spiro atoms. The first kappa shape index (κ1) is 30.5. The Labute approximate surface area is 312 Å². The number of fused-ring (bicyclic) bond motifs is 10. The first-order chi connectivity index (χ1) is 26.8. The SMILES string of the molecule is c1ccc2cc(-c3ccc(N(c4ccc(-c5cccc6c5oc5ccccc56)cc4)c4ccc5c6ccccc6c6ccccc6c5c4)cc3)ccc2c1. The van der Waals surface area contributed by atoms with Crippen molar-refractivity contribution in [2.24, 2.45) is 0 Å². The highest BCUT2D eigenvalue weighted by Gasteiger charge is 2.17. The van der Waals surface area contributed by atoms with Gasteiger partial charge in [0.05, 0.1) is 0 Å². The van der Waals surface area contributed by atoms with Crippen molar-refractivity contribution >= 4 is 82.1 Å². The summed E-state index contributed by atoms with van der Waals surface area (Å²) in [6.07, 6.45) is 0. The van der Waals surface area contributed by atoms with Crippen LogP contribution in [0.3, 0.4) is 0 Å². The summed E-state index contributed by atoms with van der Waals surface area (Å²) < 4.78 is 6.42. The standard InChI is InChI=1S/C52H33NO/c1-2-11-37-32-38(21-20-34(37)10-1)35-22-26-39(27-23-35)53(41-30-31-47-45-14-4-3-12-43(45)44-13-5-6-15-46(44)50(47)33-41)40-28-24-36(25-29-40)42-17-9-18-49-48-16-7-8-19-51(48)54-52(42)49/h1-33H. The minimum atomic E-state index is 0.909. The number of para-hydroxylation sites is 2. The molecule has 10 aromatic carbocycles. The van der Waals surface area contributed by atoms with Crippen LogP contribution in [0.4, 0.5) is 17.1 Å². The third-order valence-corrected chi connectivity index (χ3v) is 11.0. The van der Waals surface area contributed by atoms with E-state index in [0.29, 0.717) is 0 Å². The molecule has 0 radical (unpaired) electrons. The highest BCUT2D eigenvalue weighted by molar-refractivity contribution is 6.25. The second-order valence-corrected chi connectivity index (χ2v) is 14.1. The van der Waals surface area contributed by atoms with Gasteiger partial charge in [0.15, 0.2) is 0 Å². The second-order valence-electron chi connectivity index (χ2n) is 14.1. The average Bonchev–Trinajstić information content (AvgIpc) is 3.63. The zero-order chi connectivity index (χ0) is 35.6. The first-order valence-electron chi connectivity index (χ1n) is 18.5. The van der Waals surface area contributed by atoms with E-state index in [4.69, 9.17) is 4.42 Å². The molecule has 0 bridgehead atoms. The van der Waals surface area contributed by atoms with E-state index in [1.807, 2.05) is 12.1 Å². The van der Waals surface area contributed by atoms with E-state index >= 15 is 0 Å². The number of hydrogen-bond donors (Lipinski definition) is 0. The van der Waals surface area contributed by atoms with Gasteiger partial charge in [0, 0.05) is 33.4 Å². The number of anilines is 3. The highest BCUT2D eigenvalue weighted by atomic mass is 16.3. The van der Waals surface area contributed by atoms with E-state index in [0.717, 1.165) is 50.1 Å². The summed E-state index contributed by atoms with van der Waals surface area (Å²) in [5, 5.41) is 12.4. The summed E-state index contributed by atoms with van der Waals surface area (Å²) in [5.74, 6) is 0. The second kappa shape index (κ2) is 12.2. The van der Waals surface area contributed by atoms with Gasteiger partial charge in [-0.25, -0.2) is 0 Å². The number of benzene rings is 10. The lowest BCUT2D eigenvalue weighted by Crippen LogP contribution is -2.10. The van der Waals surface area contributed by atoms with Crippen LogP contribution in [0.25, 0.3) is 87.3 Å². The lowest BCUT2D eigenvalue weighted by Gasteiger charge is -2.26. The fourth-order valence-electron chi connectivity index (χ4n) is 8.42. The van der Waals surface area contributed by atoms with Crippen molar-refractivity contribution in [1.82, 2.24) is 0 Å². The molecule has 252 valence electrons. The fourth-order valence-corrected chi connectivity index (χ4v) is 8.42. The third kappa shape index (κ3) is 4.88. The average molecular weight is 688 g/mol. The van der Waals surface area contributed by atoms with Gasteiger partial charge in [-0.05, 0) is 108 Å². The molecule has 54 heavy (non-hydrogen) atoms. The van der Waals surface area contributed by atoms with Crippen molar-refractivity contribution in [3.63, 3.8) is 0 Å². The molecule has 0 aliphatic heterocycles. The Kier molecular flexibility index (Phi) is 6.90. The van der Waals surface area contributed by atoms with Gasteiger partial charge in [0.1, 0.15) is 11.2 Å². The molecule has 1 aromatic heterocycles. The van der Waals surface area contributed by atoms with Crippen LogP contribution in [0, 0.1) is 0 Å². The molecule has 0 atom stereocenters. The van der Waals surface area contributed by atoms with E-state index < -0.39 is 0 Å². The molecule has 0 saturated carbocycles. The molecule has 0 unspecified atom stereocenters. The maximum absolute atomic E-state index is 6.42. The Balaban J connectivity index is 1.07. The third-order valence-electron chi connectivity index (χ3n) is 11.0. The Bertz CT molecular complexity index is 3170. The van der Waals surface area contributed by atoms with Crippen molar-refractivity contribution in [3.05, 3.63) is 200 Å². The topological polar surface area (TPSA) is 16.4 Å². The molecule has 0 aliphatic rings. The molecule has 0 amide bonds. The molecule has 11 aromatic rings. The molecule has 2 nitrogen and oxygen atoms in total. The molecule has 1 heterocycles. The number of rotatable bonds is 5. The predicted molar refractivity (Wildman–Crippen MR) is 229 cm³/mol. The van der Waals surface area contributed by atoms with Crippen molar-refractivity contribution in [1.29, 1.82) is 0 Å². The van der Waals surface area contributed by atoms with Gasteiger partial charge >= 0.3 is 0 Å². The van der Waals surface area contributed by atoms with Gasteiger partial charge < -0.3 is 9.32 Å². The maximum atomic E-state index is 6.42. The van der Waals surface area contributed by atoms with Gasteiger partial charge in [-0.2, -0.15) is 0 Å². The van der Waals surface area contributed by atoms with Crippen LogP contribution in [0.2, 0.25) is 0 Å². The van der Waals surface area contributed by atoms with E-state index in [1.165, 1.54) is 54.2 Å². The zero-order valence-electron chi connectivity index (χ0n) is 29.4. The minimum Gasteiger partial charge on any atom is -0.455 e. The first-order valence-corrected chi connectivity index (χ1v) is 18.5. The fraction of sp³-hybridized carbons (Fsp3) is 0. The van der Waals surface area contributed by atoms with Gasteiger partial charge in [-0.15, -0.1) is 0 Å². The quantitative estimate of drug-likeness (QED) is 0.168. The number of furan rings is 1. The van der Waals surface area contributed by atoms with Crippen LogP contribution in [0.15, 0.2) is 205 Å². The van der Waals surface area contributed by atoms with Crippen LogP contribution in [-0.4, -0.2) is 0 Å². The van der Waals surface area contributed by atoms with Crippen LogP contribution < -0.4 is 4.90 Å². The lowest BCUT2D eigenvalue weighted by atomic mass is 9.94. The number of nitrogens with zero attached hydrogens (tertiary/aromatic N) is 1. The molecule has 2 heteroatoms. The van der Waals surface area contributed by atoms with Crippen molar-refractivity contribution in [2.75, 3.05) is 4.90 Å². The highest BCUT2D eigenvalue weighted by Crippen LogP contribution is 2.42. The van der Waals surface area contributed by atoms with E-state index in [9.17, 15) is 0 Å². The van der Waals surface area contributed by atoms with Gasteiger partial charge in [-0.1, -0.05) is 152 Å². The van der Waals surface area contributed by atoms with Gasteiger partial charge in [0.2, 0.25) is 0 Å². The molecule has 0 N–H and O–H groups in total. The zero-order valence-corrected chi connectivity index (χ0v) is 29.4. The summed E-state index contributed by atoms with van der Waals surface area (Å²) >= 11 is 0. The summed E-state index contributed by atoms with van der Waals surface area (Å²) in [5.41, 5.74) is 9.71. The Hall–Kier alpha value is -7.16. The summed E-state index contributed by atoms with van der Waals surface area (Å²) in [6.45, 7) is 0. The maximum Gasteiger partial charge on any atom is 0.143 e. The molecule has 0 fully saturated rings. The van der Waals surface area contributed by atoms with Crippen molar-refractivity contribution in [2.45, 2.75) is 0 Å². The lowest BCUT2D eigenvalue weighted by molar-refractivity contribution is 0.670. The summed E-state index contributed by atoms with van der Waals surface area (Å²) in [6, 6.07) is 72.3. The normalized spacial score (nSPS) is 11.7. The summed E-state index contributed by atoms with van der Waals surface area (Å²) in [4.78, 5) is 2.37. The molecular formula is C52H33NO. The Morgan fingerprint density at radius 3 is 1.52 bits per heavy atom. The van der Waals surface area contributed by atoms with Gasteiger partial charge in [-0.3, -0.25) is 0 Å². The van der Waals surface area contributed by atoms with Crippen molar-refractivity contribution < 1.29 is 4.42 Å². The largest absolute Gasteiger partial charge is 0.455 e. The molecule has 11 rings (SSSR count). The Morgan fingerprint density at radius 2 is 0.815 bits per heavy atom. The van der Waals surface area contributed by atoms with Crippen molar-refractivity contribution in [3.8, 4) is 22.3 Å². The molecule has 0 aliphatic carbocycles. The van der Waals surface area contributed by atoms with Crippen LogP contribution in [-0.2, 0) is 0 Å². The smallest absolute Gasteiger partial charge is 0.143 e.